The fourth-order valence-electron chi connectivity index (χ4n) is 3.73. The van der Waals surface area contributed by atoms with E-state index in [0.29, 0.717) is 30.9 Å². The van der Waals surface area contributed by atoms with Crippen molar-refractivity contribution in [2.45, 2.75) is 19.2 Å². The molecule has 4 aromatic rings. The van der Waals surface area contributed by atoms with E-state index in [4.69, 9.17) is 9.15 Å². The average molecular weight is 415 g/mol. The Morgan fingerprint density at radius 3 is 2.58 bits per heavy atom. The Bertz CT molecular complexity index is 1120. The first-order valence-corrected chi connectivity index (χ1v) is 10.3. The van der Waals surface area contributed by atoms with Crippen molar-refractivity contribution < 1.29 is 19.1 Å². The van der Waals surface area contributed by atoms with Crippen molar-refractivity contribution in [1.82, 2.24) is 4.90 Å². The van der Waals surface area contributed by atoms with Crippen LogP contribution in [0.2, 0.25) is 0 Å². The molecule has 5 heteroatoms. The number of hydrogen-bond donors (Lipinski definition) is 1. The molecule has 1 N–H and O–H groups in total. The van der Waals surface area contributed by atoms with Gasteiger partial charge in [0.25, 0.3) is 0 Å². The molecular formula is C26H25NO4. The van der Waals surface area contributed by atoms with E-state index >= 15 is 0 Å². The average Bonchev–Trinajstić information content (AvgIpc) is 3.31. The van der Waals surface area contributed by atoms with Gasteiger partial charge in [-0.05, 0) is 40.6 Å². The van der Waals surface area contributed by atoms with Crippen molar-refractivity contribution in [3.05, 3.63) is 102 Å². The zero-order chi connectivity index (χ0) is 21.5. The lowest BCUT2D eigenvalue weighted by Gasteiger charge is -2.25. The normalized spacial score (nSPS) is 12.2. The summed E-state index contributed by atoms with van der Waals surface area (Å²) in [6.45, 7) is 1.71. The maximum absolute atomic E-state index is 11.2. The van der Waals surface area contributed by atoms with E-state index in [2.05, 4.69) is 35.2 Å². The van der Waals surface area contributed by atoms with Gasteiger partial charge in [-0.2, -0.15) is 0 Å². The van der Waals surface area contributed by atoms with Gasteiger partial charge in [0, 0.05) is 13.1 Å². The molecule has 1 heterocycles. The second-order valence-electron chi connectivity index (χ2n) is 7.51. The maximum atomic E-state index is 11.2. The maximum Gasteiger partial charge on any atom is 0.153 e. The number of aliphatic hydroxyl groups excluding tert-OH is 1. The first kappa shape index (κ1) is 20.8. The highest BCUT2D eigenvalue weighted by Crippen LogP contribution is 2.21. The van der Waals surface area contributed by atoms with Crippen molar-refractivity contribution in [2.24, 2.45) is 0 Å². The van der Waals surface area contributed by atoms with E-state index in [9.17, 15) is 9.90 Å². The lowest BCUT2D eigenvalue weighted by molar-refractivity contribution is 0.0602. The summed E-state index contributed by atoms with van der Waals surface area (Å²) in [5.74, 6) is 1.31. The first-order valence-electron chi connectivity index (χ1n) is 10.3. The largest absolute Gasteiger partial charge is 0.490 e. The Morgan fingerprint density at radius 2 is 1.74 bits per heavy atom. The van der Waals surface area contributed by atoms with Gasteiger partial charge in [-0.15, -0.1) is 0 Å². The van der Waals surface area contributed by atoms with Crippen LogP contribution in [0.25, 0.3) is 10.8 Å². The summed E-state index contributed by atoms with van der Waals surface area (Å²) in [4.78, 5) is 13.3. The van der Waals surface area contributed by atoms with Crippen LogP contribution in [0, 0.1) is 0 Å². The van der Waals surface area contributed by atoms with E-state index in [1.54, 1.807) is 30.5 Å². The van der Waals surface area contributed by atoms with Gasteiger partial charge in [-0.1, -0.05) is 54.6 Å². The molecule has 31 heavy (non-hydrogen) atoms. The van der Waals surface area contributed by atoms with Crippen LogP contribution in [0.4, 0.5) is 0 Å². The minimum atomic E-state index is -0.732. The van der Waals surface area contributed by atoms with Gasteiger partial charge in [0.05, 0.1) is 18.4 Å². The molecule has 0 fully saturated rings. The van der Waals surface area contributed by atoms with Gasteiger partial charge in [0.15, 0.2) is 6.29 Å². The number of furan rings is 1. The fourth-order valence-corrected chi connectivity index (χ4v) is 3.73. The number of rotatable bonds is 10. The Hall–Kier alpha value is -3.41. The number of benzene rings is 3. The highest BCUT2D eigenvalue weighted by Gasteiger charge is 2.16. The van der Waals surface area contributed by atoms with Gasteiger partial charge in [-0.3, -0.25) is 9.69 Å². The van der Waals surface area contributed by atoms with Crippen LogP contribution in [-0.2, 0) is 13.1 Å². The Balaban J connectivity index is 1.47. The standard InChI is InChI=1S/C26H25NO4/c28-18-22-8-2-4-13-26(22)31-19-23(29)16-27(17-24-11-6-14-30-24)15-21-10-5-9-20-7-1-3-12-25(20)21/h1-14,18,23,29H,15-17,19H2. The Morgan fingerprint density at radius 1 is 0.935 bits per heavy atom. The third-order valence-corrected chi connectivity index (χ3v) is 5.18. The van der Waals surface area contributed by atoms with Crippen LogP contribution < -0.4 is 4.74 Å². The summed E-state index contributed by atoms with van der Waals surface area (Å²) in [7, 11) is 0. The second-order valence-corrected chi connectivity index (χ2v) is 7.51. The highest BCUT2D eigenvalue weighted by molar-refractivity contribution is 5.85. The van der Waals surface area contributed by atoms with Crippen LogP contribution in [-0.4, -0.2) is 35.5 Å². The van der Waals surface area contributed by atoms with E-state index in [1.165, 1.54) is 16.3 Å². The SMILES string of the molecule is O=Cc1ccccc1OCC(O)CN(Cc1ccco1)Cc1cccc2ccccc12. The molecule has 158 valence electrons. The van der Waals surface area contributed by atoms with Crippen molar-refractivity contribution in [3.63, 3.8) is 0 Å². The molecule has 0 spiro atoms. The van der Waals surface area contributed by atoms with E-state index in [0.717, 1.165) is 12.0 Å². The molecule has 0 bridgehead atoms. The van der Waals surface area contributed by atoms with E-state index in [1.807, 2.05) is 24.3 Å². The molecule has 1 unspecified atom stereocenters. The fraction of sp³-hybridized carbons (Fsp3) is 0.192. The van der Waals surface area contributed by atoms with Crippen molar-refractivity contribution in [1.29, 1.82) is 0 Å². The summed E-state index contributed by atoms with van der Waals surface area (Å²) < 4.78 is 11.3. The third-order valence-electron chi connectivity index (χ3n) is 5.18. The minimum Gasteiger partial charge on any atom is -0.490 e. The molecule has 1 aromatic heterocycles. The summed E-state index contributed by atoms with van der Waals surface area (Å²) in [6.07, 6.45) is 1.68. The minimum absolute atomic E-state index is 0.0923. The Kier molecular flexibility index (Phi) is 6.77. The second kappa shape index (κ2) is 10.1. The molecule has 1 atom stereocenters. The van der Waals surface area contributed by atoms with Crippen LogP contribution in [0.15, 0.2) is 89.5 Å². The van der Waals surface area contributed by atoms with Crippen LogP contribution >= 0.6 is 0 Å². The molecule has 0 aliphatic rings. The van der Waals surface area contributed by atoms with Gasteiger partial charge in [0.2, 0.25) is 0 Å². The van der Waals surface area contributed by atoms with Gasteiger partial charge < -0.3 is 14.3 Å². The van der Waals surface area contributed by atoms with Crippen LogP contribution in [0.3, 0.4) is 0 Å². The predicted octanol–water partition coefficient (Wildman–Crippen LogP) is 4.69. The monoisotopic (exact) mass is 415 g/mol. The molecule has 0 aliphatic heterocycles. The zero-order valence-electron chi connectivity index (χ0n) is 17.2. The van der Waals surface area contributed by atoms with Crippen molar-refractivity contribution in [3.8, 4) is 5.75 Å². The molecule has 0 amide bonds. The van der Waals surface area contributed by atoms with Gasteiger partial charge in [-0.25, -0.2) is 0 Å². The number of fused-ring (bicyclic) bond motifs is 1. The number of carbonyl (C=O) groups is 1. The smallest absolute Gasteiger partial charge is 0.153 e. The summed E-state index contributed by atoms with van der Waals surface area (Å²) in [5, 5.41) is 13.1. The molecule has 5 nitrogen and oxygen atoms in total. The number of ether oxygens (including phenoxy) is 1. The van der Waals surface area contributed by atoms with Crippen molar-refractivity contribution >= 4 is 17.1 Å². The molecule has 0 saturated carbocycles. The summed E-state index contributed by atoms with van der Waals surface area (Å²) in [6, 6.07) is 25.4. The topological polar surface area (TPSA) is 62.9 Å². The number of para-hydroxylation sites is 1. The summed E-state index contributed by atoms with van der Waals surface area (Å²) in [5.41, 5.74) is 1.65. The first-order chi connectivity index (χ1) is 15.2. The van der Waals surface area contributed by atoms with Crippen molar-refractivity contribution in [2.75, 3.05) is 13.2 Å². The zero-order valence-corrected chi connectivity index (χ0v) is 17.2. The lowest BCUT2D eigenvalue weighted by Crippen LogP contribution is -2.35. The van der Waals surface area contributed by atoms with Gasteiger partial charge >= 0.3 is 0 Å². The molecule has 4 rings (SSSR count). The lowest BCUT2D eigenvalue weighted by atomic mass is 10.0. The number of nitrogens with zero attached hydrogens (tertiary/aromatic N) is 1. The molecule has 0 saturated heterocycles. The summed E-state index contributed by atoms with van der Waals surface area (Å²) >= 11 is 0. The molecule has 0 aliphatic carbocycles. The molecular weight excluding hydrogens is 390 g/mol. The number of aliphatic hydroxyl groups is 1. The van der Waals surface area contributed by atoms with Crippen LogP contribution in [0.5, 0.6) is 5.75 Å². The van der Waals surface area contributed by atoms with Gasteiger partial charge in [0.1, 0.15) is 24.2 Å². The number of hydrogen-bond acceptors (Lipinski definition) is 5. The molecule has 0 radical (unpaired) electrons. The van der Waals surface area contributed by atoms with E-state index < -0.39 is 6.10 Å². The van der Waals surface area contributed by atoms with E-state index in [-0.39, 0.29) is 6.61 Å². The number of carbonyl (C=O) groups excluding carboxylic acids is 1. The number of aldehydes is 1. The highest BCUT2D eigenvalue weighted by atomic mass is 16.5. The quantitative estimate of drug-likeness (QED) is 0.381. The predicted molar refractivity (Wildman–Crippen MR) is 120 cm³/mol. The molecule has 3 aromatic carbocycles. The Labute approximate surface area is 181 Å². The third kappa shape index (κ3) is 5.40. The van der Waals surface area contributed by atoms with Crippen LogP contribution in [0.1, 0.15) is 21.7 Å².